The van der Waals surface area contributed by atoms with Crippen molar-refractivity contribution < 1.29 is 38.2 Å². The topological polar surface area (TPSA) is 218 Å². The Morgan fingerprint density at radius 1 is 0.544 bits per heavy atom. The van der Waals surface area contributed by atoms with E-state index in [0.29, 0.717) is 11.4 Å². The monoisotopic (exact) mass is 1000 g/mol. The zero-order chi connectivity index (χ0) is 49.7. The number of rotatable bonds is 20. The van der Waals surface area contributed by atoms with E-state index in [1.54, 1.807) is 64.1 Å². The maximum absolute atomic E-state index is 13.7. The van der Waals surface area contributed by atoms with E-state index in [1.165, 1.54) is 48.5 Å². The van der Waals surface area contributed by atoms with E-state index < -0.39 is 47.3 Å². The largest absolute Gasteiger partial charge is 0.492 e. The third kappa shape index (κ3) is 14.2. The van der Waals surface area contributed by atoms with Gasteiger partial charge in [-0.05, 0) is 113 Å². The molecular weight excluding hydrogens is 958 g/mol. The van der Waals surface area contributed by atoms with Gasteiger partial charge in [-0.3, -0.25) is 28.8 Å². The normalized spacial score (nSPS) is 13.0. The number of ketones is 2. The maximum Gasteiger partial charge on any atom is 0.258 e. The number of carbonyl (C=O) groups is 6. The fraction of sp³-hybridized carbons (Fsp3) is 0.250. The smallest absolute Gasteiger partial charge is 0.258 e. The number of anilines is 4. The Bertz CT molecular complexity index is 2600. The lowest BCUT2D eigenvalue weighted by atomic mass is 10.1. The van der Waals surface area contributed by atoms with Gasteiger partial charge in [-0.25, -0.2) is 0 Å². The van der Waals surface area contributed by atoms with Crippen LogP contribution in [0.15, 0.2) is 118 Å². The maximum atomic E-state index is 13.7. The van der Waals surface area contributed by atoms with Crippen molar-refractivity contribution in [3.63, 3.8) is 0 Å². The first-order valence-electron chi connectivity index (χ1n) is 21.0. The van der Waals surface area contributed by atoms with Crippen LogP contribution in [0.3, 0.4) is 0 Å². The van der Waals surface area contributed by atoms with Crippen LogP contribution in [-0.2, 0) is 19.2 Å². The van der Waals surface area contributed by atoms with E-state index in [1.807, 2.05) is 12.1 Å². The molecule has 0 spiro atoms. The van der Waals surface area contributed by atoms with E-state index in [9.17, 15) is 28.8 Å². The summed E-state index contributed by atoms with van der Waals surface area (Å²) in [6.07, 6.45) is 0. The Morgan fingerprint density at radius 3 is 1.26 bits per heavy atom. The minimum Gasteiger partial charge on any atom is -0.492 e. The van der Waals surface area contributed by atoms with Gasteiger partial charge < -0.3 is 30.7 Å². The Morgan fingerprint density at radius 2 is 0.926 bits per heavy atom. The first kappa shape index (κ1) is 52.3. The summed E-state index contributed by atoms with van der Waals surface area (Å²) in [6.45, 7) is 9.50. The predicted molar refractivity (Wildman–Crippen MR) is 264 cm³/mol. The number of benzene rings is 5. The second-order valence-corrected chi connectivity index (χ2v) is 17.0. The average Bonchev–Trinajstić information content (AvgIpc) is 3.28. The molecule has 5 aromatic rings. The number of hydrogen-bond acceptors (Lipinski definition) is 12. The fourth-order valence-electron chi connectivity index (χ4n) is 6.22. The Hall–Kier alpha value is -6.72. The highest BCUT2D eigenvalue weighted by Gasteiger charge is 2.28. The Labute approximate surface area is 412 Å². The number of Topliss-reactive ketones (excluding diaryl/α,β-unsaturated/α-hetero) is 2. The molecule has 5 rings (SSSR count). The molecule has 20 heteroatoms. The number of nitrogens with zero attached hydrogens (tertiary/aromatic N) is 4. The van der Waals surface area contributed by atoms with E-state index in [2.05, 4.69) is 41.7 Å². The molecule has 0 radical (unpaired) electrons. The molecule has 0 bridgehead atoms. The molecule has 4 unspecified atom stereocenters. The van der Waals surface area contributed by atoms with Gasteiger partial charge in [0.05, 0.1) is 67.9 Å². The number of halogens is 4. The van der Waals surface area contributed by atoms with Gasteiger partial charge in [0.15, 0.2) is 11.6 Å². The minimum absolute atomic E-state index is 0.0459. The molecule has 4 amide bonds. The van der Waals surface area contributed by atoms with Crippen LogP contribution in [-0.4, -0.2) is 60.5 Å². The second-order valence-electron chi connectivity index (χ2n) is 14.9. The highest BCUT2D eigenvalue weighted by atomic mass is 35.5. The summed E-state index contributed by atoms with van der Waals surface area (Å²) in [5.41, 5.74) is 3.03. The molecule has 0 saturated carbocycles. The lowest BCUT2D eigenvalue weighted by Crippen LogP contribution is -2.32. The molecule has 354 valence electrons. The van der Waals surface area contributed by atoms with Crippen LogP contribution in [0.2, 0.25) is 10.0 Å². The zero-order valence-electron chi connectivity index (χ0n) is 37.5. The van der Waals surface area contributed by atoms with E-state index in [0.717, 1.165) is 25.0 Å². The number of azo groups is 2. The van der Waals surface area contributed by atoms with Crippen molar-refractivity contribution >= 4 is 116 Å². The van der Waals surface area contributed by atoms with Crippen molar-refractivity contribution in [1.29, 1.82) is 0 Å². The van der Waals surface area contributed by atoms with Crippen LogP contribution in [0.25, 0.3) is 0 Å². The standard InChI is InChI=1S/C48H46Cl4N8O8/c1-7-67-41-23-40(56-48(66)44(28(6)62)60-58-34-16-18-38(52)36(22-34)46(64)54-32-14-10-12-30(20-32)26(4)50)42(68-8-2)24-39(41)55-47(65)43(27(5)61)59-57-33-15-17-37(51)35(21-33)45(63)53-31-13-9-11-29(19-31)25(3)49/h9-26,43-44H,7-8H2,1-6H3,(H,53,63)(H,54,64)(H,55,65)(H,56,66). The number of hydrogen-bond donors (Lipinski definition) is 4. The van der Waals surface area contributed by atoms with E-state index >= 15 is 0 Å². The van der Waals surface area contributed by atoms with E-state index in [-0.39, 0.29) is 79.4 Å². The summed E-state index contributed by atoms with van der Waals surface area (Å²) < 4.78 is 11.6. The van der Waals surface area contributed by atoms with Crippen molar-refractivity contribution in [2.75, 3.05) is 34.5 Å². The first-order chi connectivity index (χ1) is 32.4. The molecule has 0 fully saturated rings. The second kappa shape index (κ2) is 24.3. The summed E-state index contributed by atoms with van der Waals surface area (Å²) in [5, 5.41) is 26.7. The van der Waals surface area contributed by atoms with E-state index in [4.69, 9.17) is 55.9 Å². The summed E-state index contributed by atoms with van der Waals surface area (Å²) in [7, 11) is 0. The number of alkyl halides is 2. The molecule has 0 aromatic heterocycles. The summed E-state index contributed by atoms with van der Waals surface area (Å²) in [5.74, 6) is -4.10. The molecule has 0 aliphatic heterocycles. The molecule has 4 N–H and O–H groups in total. The van der Waals surface area contributed by atoms with Gasteiger partial charge in [0.25, 0.3) is 23.6 Å². The van der Waals surface area contributed by atoms with Crippen molar-refractivity contribution in [1.82, 2.24) is 0 Å². The Kier molecular flexibility index (Phi) is 18.7. The first-order valence-corrected chi connectivity index (χ1v) is 22.6. The fourth-order valence-corrected chi connectivity index (χ4v) is 6.89. The highest BCUT2D eigenvalue weighted by molar-refractivity contribution is 6.35. The van der Waals surface area contributed by atoms with Crippen molar-refractivity contribution in [3.05, 3.63) is 129 Å². The van der Waals surface area contributed by atoms with Crippen molar-refractivity contribution in [3.8, 4) is 11.5 Å². The van der Waals surface area contributed by atoms with Gasteiger partial charge in [0.2, 0.25) is 12.1 Å². The lowest BCUT2D eigenvalue weighted by Gasteiger charge is -2.19. The molecule has 0 saturated heterocycles. The van der Waals surface area contributed by atoms with Gasteiger partial charge in [-0.2, -0.15) is 20.5 Å². The summed E-state index contributed by atoms with van der Waals surface area (Å²) >= 11 is 25.1. The summed E-state index contributed by atoms with van der Waals surface area (Å²) in [4.78, 5) is 79.4. The SMILES string of the molecule is CCOc1cc(NC(=O)C(N=Nc2ccc(Cl)c(C(=O)Nc3cccc(C(C)Cl)c3)c2)C(C)=O)c(OCC)cc1NC(=O)C(N=Nc1ccc(Cl)c(C(=O)Nc2cccc(C(C)Cl)c2)c1)C(C)=O. The van der Waals surface area contributed by atoms with Crippen molar-refractivity contribution in [2.45, 2.75) is 64.4 Å². The number of ether oxygens (including phenoxy) is 2. The molecule has 0 aliphatic rings. The van der Waals surface area contributed by atoms with Crippen LogP contribution in [0.1, 0.15) is 84.1 Å². The van der Waals surface area contributed by atoms with Crippen molar-refractivity contribution in [2.24, 2.45) is 20.5 Å². The van der Waals surface area contributed by atoms with Crippen LogP contribution >= 0.6 is 46.4 Å². The molecule has 4 atom stereocenters. The van der Waals surface area contributed by atoms with Gasteiger partial charge in [-0.15, -0.1) is 23.2 Å². The number of carbonyl (C=O) groups excluding carboxylic acids is 6. The molecule has 0 heterocycles. The predicted octanol–water partition coefficient (Wildman–Crippen LogP) is 12.3. The third-order valence-corrected chi connectivity index (χ3v) is 10.8. The molecular formula is C48H46Cl4N8O8. The lowest BCUT2D eigenvalue weighted by molar-refractivity contribution is -0.127. The Balaban J connectivity index is 1.33. The van der Waals surface area contributed by atoms with Gasteiger partial charge >= 0.3 is 0 Å². The van der Waals surface area contributed by atoms with Crippen LogP contribution < -0.4 is 30.7 Å². The average molecular weight is 1000 g/mol. The number of nitrogens with one attached hydrogen (secondary N) is 4. The number of amides is 4. The van der Waals surface area contributed by atoms with Crippen LogP contribution in [0.4, 0.5) is 34.1 Å². The molecule has 68 heavy (non-hydrogen) atoms. The molecule has 0 aliphatic carbocycles. The van der Waals surface area contributed by atoms with Gasteiger partial charge in [0.1, 0.15) is 11.5 Å². The molecule has 5 aromatic carbocycles. The summed E-state index contributed by atoms with van der Waals surface area (Å²) in [6, 6.07) is 21.9. The van der Waals surface area contributed by atoms with Crippen LogP contribution in [0, 0.1) is 0 Å². The third-order valence-electron chi connectivity index (χ3n) is 9.64. The highest BCUT2D eigenvalue weighted by Crippen LogP contribution is 2.38. The van der Waals surface area contributed by atoms with Gasteiger partial charge in [-0.1, -0.05) is 47.5 Å². The van der Waals surface area contributed by atoms with Crippen LogP contribution in [0.5, 0.6) is 11.5 Å². The minimum atomic E-state index is -1.66. The zero-order valence-corrected chi connectivity index (χ0v) is 40.6. The molecule has 16 nitrogen and oxygen atoms in total. The van der Waals surface area contributed by atoms with Gasteiger partial charge in [0, 0.05) is 23.5 Å². The quantitative estimate of drug-likeness (QED) is 0.0333.